The molecule has 1 amide bonds. The molecule has 1 aromatic rings. The molecule has 0 unspecified atom stereocenters. The summed E-state index contributed by atoms with van der Waals surface area (Å²) in [5.41, 5.74) is 1.23. The van der Waals surface area contributed by atoms with Crippen molar-refractivity contribution < 1.29 is 4.79 Å². The average molecular weight is 279 g/mol. The molecule has 0 radical (unpaired) electrons. The maximum absolute atomic E-state index is 12.2. The molecule has 0 bridgehead atoms. The number of thiazole rings is 1. The second kappa shape index (κ2) is 6.01. The SMILES string of the molecule is O=C(Nc1nc2c(s1)CCCCC2)C1CCNCC1. The lowest BCUT2D eigenvalue weighted by atomic mass is 9.97. The topological polar surface area (TPSA) is 54.0 Å². The molecule has 1 saturated heterocycles. The predicted molar refractivity (Wildman–Crippen MR) is 77.6 cm³/mol. The lowest BCUT2D eigenvalue weighted by molar-refractivity contribution is -0.120. The maximum Gasteiger partial charge on any atom is 0.229 e. The summed E-state index contributed by atoms with van der Waals surface area (Å²) in [7, 11) is 0. The van der Waals surface area contributed by atoms with Crippen LogP contribution in [0, 0.1) is 5.92 Å². The largest absolute Gasteiger partial charge is 0.317 e. The number of fused-ring (bicyclic) bond motifs is 1. The summed E-state index contributed by atoms with van der Waals surface area (Å²) < 4.78 is 0. The Morgan fingerprint density at radius 3 is 2.84 bits per heavy atom. The third kappa shape index (κ3) is 3.15. The molecule has 0 spiro atoms. The first kappa shape index (κ1) is 13.1. The van der Waals surface area contributed by atoms with Crippen molar-refractivity contribution >= 4 is 22.4 Å². The second-order valence-electron chi connectivity index (χ2n) is 5.46. The van der Waals surface area contributed by atoms with Crippen molar-refractivity contribution in [3.63, 3.8) is 0 Å². The van der Waals surface area contributed by atoms with Crippen LogP contribution in [0.3, 0.4) is 0 Å². The Balaban J connectivity index is 1.64. The number of piperidine rings is 1. The molecule has 1 aliphatic heterocycles. The lowest BCUT2D eigenvalue weighted by Crippen LogP contribution is -2.34. The van der Waals surface area contributed by atoms with Gasteiger partial charge < -0.3 is 10.6 Å². The summed E-state index contributed by atoms with van der Waals surface area (Å²) in [4.78, 5) is 18.2. The van der Waals surface area contributed by atoms with Gasteiger partial charge >= 0.3 is 0 Å². The van der Waals surface area contributed by atoms with Gasteiger partial charge in [0.15, 0.2) is 5.13 Å². The van der Waals surface area contributed by atoms with Gasteiger partial charge in [-0.3, -0.25) is 4.79 Å². The highest BCUT2D eigenvalue weighted by Crippen LogP contribution is 2.29. The fraction of sp³-hybridized carbons (Fsp3) is 0.714. The zero-order valence-electron chi connectivity index (χ0n) is 11.2. The summed E-state index contributed by atoms with van der Waals surface area (Å²) in [5.74, 6) is 0.315. The Labute approximate surface area is 118 Å². The van der Waals surface area contributed by atoms with Crippen LogP contribution in [0.15, 0.2) is 0 Å². The normalized spacial score (nSPS) is 20.6. The van der Waals surface area contributed by atoms with Crippen LogP contribution in [0.5, 0.6) is 0 Å². The summed E-state index contributed by atoms with van der Waals surface area (Å²) in [6, 6.07) is 0. The van der Waals surface area contributed by atoms with Gasteiger partial charge in [-0.1, -0.05) is 6.42 Å². The van der Waals surface area contributed by atoms with E-state index in [1.807, 2.05) is 0 Å². The predicted octanol–water partition coefficient (Wildman–Crippen LogP) is 2.35. The summed E-state index contributed by atoms with van der Waals surface area (Å²) in [6.07, 6.45) is 7.90. The highest BCUT2D eigenvalue weighted by atomic mass is 32.1. The van der Waals surface area contributed by atoms with Gasteiger partial charge in [0.05, 0.1) is 5.69 Å². The van der Waals surface area contributed by atoms with Gasteiger partial charge in [0.1, 0.15) is 0 Å². The Morgan fingerprint density at radius 1 is 1.21 bits per heavy atom. The van der Waals surface area contributed by atoms with Crippen molar-refractivity contribution in [2.75, 3.05) is 18.4 Å². The van der Waals surface area contributed by atoms with Gasteiger partial charge in [-0.2, -0.15) is 0 Å². The van der Waals surface area contributed by atoms with E-state index in [-0.39, 0.29) is 11.8 Å². The molecule has 104 valence electrons. The fourth-order valence-corrected chi connectivity index (χ4v) is 3.93. The number of anilines is 1. The minimum absolute atomic E-state index is 0.157. The molecule has 4 nitrogen and oxygen atoms in total. The number of carbonyl (C=O) groups excluding carboxylic acids is 1. The van der Waals surface area contributed by atoms with E-state index in [2.05, 4.69) is 15.6 Å². The van der Waals surface area contributed by atoms with Crippen molar-refractivity contribution in [2.24, 2.45) is 5.92 Å². The zero-order chi connectivity index (χ0) is 13.1. The van der Waals surface area contributed by atoms with Crippen molar-refractivity contribution in [2.45, 2.75) is 44.9 Å². The first-order chi connectivity index (χ1) is 9.33. The molecule has 1 aromatic heterocycles. The molecule has 0 aromatic carbocycles. The summed E-state index contributed by atoms with van der Waals surface area (Å²) in [5, 5.41) is 7.13. The Bertz CT molecular complexity index is 428. The van der Waals surface area contributed by atoms with E-state index >= 15 is 0 Å². The van der Waals surface area contributed by atoms with E-state index in [9.17, 15) is 4.79 Å². The van der Waals surface area contributed by atoms with E-state index in [0.29, 0.717) is 0 Å². The van der Waals surface area contributed by atoms with E-state index in [1.54, 1.807) is 11.3 Å². The van der Waals surface area contributed by atoms with Gasteiger partial charge in [-0.05, 0) is 51.6 Å². The highest BCUT2D eigenvalue weighted by molar-refractivity contribution is 7.15. The van der Waals surface area contributed by atoms with E-state index in [1.165, 1.54) is 29.8 Å². The van der Waals surface area contributed by atoms with Gasteiger partial charge in [0.2, 0.25) is 5.91 Å². The van der Waals surface area contributed by atoms with E-state index in [4.69, 9.17) is 0 Å². The van der Waals surface area contributed by atoms with E-state index < -0.39 is 0 Å². The molecular weight excluding hydrogens is 258 g/mol. The van der Waals surface area contributed by atoms with Crippen LogP contribution >= 0.6 is 11.3 Å². The third-order valence-electron chi connectivity index (χ3n) is 4.04. The minimum Gasteiger partial charge on any atom is -0.317 e. The van der Waals surface area contributed by atoms with Crippen LogP contribution in [0.1, 0.15) is 42.7 Å². The van der Waals surface area contributed by atoms with Crippen LogP contribution in [-0.4, -0.2) is 24.0 Å². The Hall–Kier alpha value is -0.940. The second-order valence-corrected chi connectivity index (χ2v) is 6.55. The van der Waals surface area contributed by atoms with Crippen molar-refractivity contribution in [3.05, 3.63) is 10.6 Å². The molecule has 19 heavy (non-hydrogen) atoms. The van der Waals surface area contributed by atoms with Crippen molar-refractivity contribution in [1.29, 1.82) is 0 Å². The molecule has 0 saturated carbocycles. The quantitative estimate of drug-likeness (QED) is 0.817. The average Bonchev–Trinajstić information content (AvgIpc) is 2.69. The van der Waals surface area contributed by atoms with Crippen LogP contribution < -0.4 is 10.6 Å². The monoisotopic (exact) mass is 279 g/mol. The molecule has 5 heteroatoms. The number of aromatic nitrogens is 1. The number of amides is 1. The Kier molecular flexibility index (Phi) is 4.13. The molecule has 2 aliphatic rings. The number of aryl methyl sites for hydroxylation is 2. The van der Waals surface area contributed by atoms with Crippen LogP contribution in [0.4, 0.5) is 5.13 Å². The molecule has 0 atom stereocenters. The number of nitrogens with one attached hydrogen (secondary N) is 2. The smallest absolute Gasteiger partial charge is 0.229 e. The standard InChI is InChI=1S/C14H21N3OS/c18-13(10-6-8-15-9-7-10)17-14-16-11-4-2-1-3-5-12(11)19-14/h10,15H,1-9H2,(H,16,17,18). The Morgan fingerprint density at radius 2 is 2.00 bits per heavy atom. The van der Waals surface area contributed by atoms with Gasteiger partial charge in [-0.25, -0.2) is 4.98 Å². The molecule has 1 fully saturated rings. The first-order valence-electron chi connectivity index (χ1n) is 7.33. The highest BCUT2D eigenvalue weighted by Gasteiger charge is 2.22. The van der Waals surface area contributed by atoms with Crippen LogP contribution in [0.2, 0.25) is 0 Å². The third-order valence-corrected chi connectivity index (χ3v) is 5.11. The molecule has 3 rings (SSSR count). The van der Waals surface area contributed by atoms with Crippen LogP contribution in [0.25, 0.3) is 0 Å². The number of carbonyl (C=O) groups is 1. The number of nitrogens with zero attached hydrogens (tertiary/aromatic N) is 1. The number of hydrogen-bond donors (Lipinski definition) is 2. The molecule has 2 N–H and O–H groups in total. The maximum atomic E-state index is 12.2. The van der Waals surface area contributed by atoms with E-state index in [0.717, 1.165) is 43.9 Å². The molecule has 1 aliphatic carbocycles. The van der Waals surface area contributed by atoms with Crippen LogP contribution in [-0.2, 0) is 17.6 Å². The van der Waals surface area contributed by atoms with Gasteiger partial charge in [-0.15, -0.1) is 11.3 Å². The minimum atomic E-state index is 0.157. The lowest BCUT2D eigenvalue weighted by Gasteiger charge is -2.21. The number of hydrogen-bond acceptors (Lipinski definition) is 4. The number of rotatable bonds is 2. The summed E-state index contributed by atoms with van der Waals surface area (Å²) >= 11 is 1.68. The fourth-order valence-electron chi connectivity index (χ4n) is 2.87. The zero-order valence-corrected chi connectivity index (χ0v) is 12.0. The van der Waals surface area contributed by atoms with Crippen molar-refractivity contribution in [1.82, 2.24) is 10.3 Å². The van der Waals surface area contributed by atoms with Crippen molar-refractivity contribution in [3.8, 4) is 0 Å². The molecule has 2 heterocycles. The van der Waals surface area contributed by atoms with Gasteiger partial charge in [0, 0.05) is 10.8 Å². The summed E-state index contributed by atoms with van der Waals surface area (Å²) in [6.45, 7) is 1.90. The van der Waals surface area contributed by atoms with Gasteiger partial charge in [0.25, 0.3) is 0 Å². The molecular formula is C14H21N3OS. The first-order valence-corrected chi connectivity index (χ1v) is 8.15.